The number of furan rings is 1. The van der Waals surface area contributed by atoms with Gasteiger partial charge >= 0.3 is 12.1 Å². The third-order valence-corrected chi connectivity index (χ3v) is 3.81. The zero-order chi connectivity index (χ0) is 21.1. The monoisotopic (exact) mass is 402 g/mol. The molecule has 8 nitrogen and oxygen atoms in total. The molecule has 0 radical (unpaired) electrons. The molecule has 1 amide bonds. The lowest BCUT2D eigenvalue weighted by molar-refractivity contribution is -0.192. The summed E-state index contributed by atoms with van der Waals surface area (Å²) in [4.78, 5) is 29.8. The number of aryl methyl sites for hydroxylation is 1. The van der Waals surface area contributed by atoms with Crippen LogP contribution in [0.2, 0.25) is 0 Å². The van der Waals surface area contributed by atoms with Gasteiger partial charge in [-0.05, 0) is 33.2 Å². The predicted molar refractivity (Wildman–Crippen MR) is 91.5 cm³/mol. The predicted octanol–water partition coefficient (Wildman–Crippen LogP) is 2.14. The number of hydrogen-bond acceptors (Lipinski definition) is 5. The number of rotatable bonds is 3. The number of amides is 1. The van der Waals surface area contributed by atoms with Gasteiger partial charge in [0.2, 0.25) is 0 Å². The van der Waals surface area contributed by atoms with Crippen LogP contribution in [0, 0.1) is 6.92 Å². The molecular formula is C17H21F3N4O4. The van der Waals surface area contributed by atoms with Crippen LogP contribution in [0.15, 0.2) is 22.7 Å². The van der Waals surface area contributed by atoms with E-state index in [0.29, 0.717) is 18.8 Å². The van der Waals surface area contributed by atoms with Gasteiger partial charge in [0, 0.05) is 25.8 Å². The van der Waals surface area contributed by atoms with Crippen molar-refractivity contribution in [3.8, 4) is 0 Å². The Morgan fingerprint density at radius 2 is 1.93 bits per heavy atom. The summed E-state index contributed by atoms with van der Waals surface area (Å²) in [5.74, 6) is -0.722. The van der Waals surface area contributed by atoms with Gasteiger partial charge in [-0.15, -0.1) is 0 Å². The molecule has 0 saturated carbocycles. The van der Waals surface area contributed by atoms with Gasteiger partial charge < -0.3 is 23.9 Å². The van der Waals surface area contributed by atoms with Crippen molar-refractivity contribution < 1.29 is 32.3 Å². The zero-order valence-electron chi connectivity index (χ0n) is 15.7. The number of carboxylic acids is 1. The summed E-state index contributed by atoms with van der Waals surface area (Å²) < 4.78 is 39.3. The number of carbonyl (C=O) groups is 2. The number of alkyl halides is 3. The summed E-state index contributed by atoms with van der Waals surface area (Å²) in [6.07, 6.45) is -3.01. The molecule has 0 aliphatic carbocycles. The van der Waals surface area contributed by atoms with Crippen LogP contribution in [0.25, 0.3) is 0 Å². The number of nitrogens with zero attached hydrogens (tertiary/aromatic N) is 4. The molecule has 3 heterocycles. The van der Waals surface area contributed by atoms with Gasteiger partial charge in [0.05, 0.1) is 12.2 Å². The lowest BCUT2D eigenvalue weighted by atomic mass is 10.3. The number of aromatic nitrogens is 2. The van der Waals surface area contributed by atoms with Gasteiger partial charge in [-0.1, -0.05) is 0 Å². The van der Waals surface area contributed by atoms with E-state index in [-0.39, 0.29) is 5.91 Å². The van der Waals surface area contributed by atoms with Crippen LogP contribution < -0.4 is 0 Å². The summed E-state index contributed by atoms with van der Waals surface area (Å²) >= 11 is 0. The van der Waals surface area contributed by atoms with Crippen LogP contribution in [-0.2, 0) is 24.4 Å². The van der Waals surface area contributed by atoms with Gasteiger partial charge in [-0.3, -0.25) is 4.79 Å². The Kier molecular flexibility index (Phi) is 6.49. The third kappa shape index (κ3) is 5.59. The molecule has 0 spiro atoms. The van der Waals surface area contributed by atoms with E-state index in [2.05, 4.69) is 20.6 Å². The number of halogens is 3. The average Bonchev–Trinajstić information content (AvgIpc) is 3.18. The van der Waals surface area contributed by atoms with E-state index in [9.17, 15) is 18.0 Å². The molecule has 1 N–H and O–H groups in total. The van der Waals surface area contributed by atoms with Gasteiger partial charge in [0.15, 0.2) is 5.76 Å². The van der Waals surface area contributed by atoms with E-state index < -0.39 is 12.1 Å². The van der Waals surface area contributed by atoms with Crippen molar-refractivity contribution in [2.75, 3.05) is 20.6 Å². The molecule has 2 aromatic heterocycles. The van der Waals surface area contributed by atoms with Crippen LogP contribution in [0.4, 0.5) is 13.2 Å². The highest BCUT2D eigenvalue weighted by Gasteiger charge is 2.38. The largest absolute Gasteiger partial charge is 0.490 e. The zero-order valence-corrected chi connectivity index (χ0v) is 15.7. The molecule has 1 aliphatic rings. The number of imidazole rings is 1. The lowest BCUT2D eigenvalue weighted by Crippen LogP contribution is -2.38. The first-order valence-electron chi connectivity index (χ1n) is 8.33. The number of aliphatic carboxylic acids is 1. The molecular weight excluding hydrogens is 381 g/mol. The third-order valence-electron chi connectivity index (χ3n) is 3.81. The Morgan fingerprint density at radius 3 is 2.43 bits per heavy atom. The summed E-state index contributed by atoms with van der Waals surface area (Å²) in [6, 6.07) is 3.55. The van der Waals surface area contributed by atoms with E-state index in [4.69, 9.17) is 14.3 Å². The Hall–Kier alpha value is -2.82. The first kappa shape index (κ1) is 21.5. The van der Waals surface area contributed by atoms with Crippen molar-refractivity contribution in [1.29, 1.82) is 0 Å². The topological polar surface area (TPSA) is 91.8 Å². The highest BCUT2D eigenvalue weighted by atomic mass is 19.4. The van der Waals surface area contributed by atoms with E-state index in [0.717, 1.165) is 30.4 Å². The molecule has 1 aliphatic heterocycles. The SMILES string of the molecule is Cc1ccc(C(=O)N2CCn3cc(CN(C)C)nc3C2)o1.O=C(O)C(F)(F)F. The minimum absolute atomic E-state index is 0.0634. The highest BCUT2D eigenvalue weighted by molar-refractivity contribution is 5.91. The maximum absolute atomic E-state index is 12.4. The van der Waals surface area contributed by atoms with E-state index in [1.54, 1.807) is 11.0 Å². The Bertz CT molecular complexity index is 842. The minimum atomic E-state index is -5.08. The molecule has 28 heavy (non-hydrogen) atoms. The molecule has 0 aromatic carbocycles. The summed E-state index contributed by atoms with van der Waals surface area (Å²) in [5, 5.41) is 7.12. The molecule has 11 heteroatoms. The molecule has 154 valence electrons. The summed E-state index contributed by atoms with van der Waals surface area (Å²) in [7, 11) is 4.04. The van der Waals surface area contributed by atoms with E-state index >= 15 is 0 Å². The molecule has 0 unspecified atom stereocenters. The Balaban J connectivity index is 0.000000345. The van der Waals surface area contributed by atoms with Gasteiger partial charge in [-0.25, -0.2) is 9.78 Å². The molecule has 2 aromatic rings. The second-order valence-corrected chi connectivity index (χ2v) is 6.52. The molecule has 3 rings (SSSR count). The summed E-state index contributed by atoms with van der Waals surface area (Å²) in [5.41, 5.74) is 1.04. The standard InChI is InChI=1S/C15H20N4O2.C2HF3O2/c1-11-4-5-13(21-11)15(20)19-7-6-18-9-12(8-17(2)3)16-14(18)10-19;3-2(4,5)1(6)7/h4-5,9H,6-8,10H2,1-3H3;(H,6,7). The van der Waals surface area contributed by atoms with Gasteiger partial charge in [0.25, 0.3) is 5.91 Å². The van der Waals surface area contributed by atoms with Crippen LogP contribution >= 0.6 is 0 Å². The Morgan fingerprint density at radius 1 is 1.29 bits per heavy atom. The first-order valence-corrected chi connectivity index (χ1v) is 8.33. The quantitative estimate of drug-likeness (QED) is 0.846. The number of hydrogen-bond donors (Lipinski definition) is 1. The van der Waals surface area contributed by atoms with Gasteiger partial charge in [-0.2, -0.15) is 13.2 Å². The van der Waals surface area contributed by atoms with Crippen molar-refractivity contribution in [3.63, 3.8) is 0 Å². The number of carboxylic acid groups (broad SMARTS) is 1. The van der Waals surface area contributed by atoms with Gasteiger partial charge in [0.1, 0.15) is 11.6 Å². The second-order valence-electron chi connectivity index (χ2n) is 6.52. The molecule has 0 bridgehead atoms. The van der Waals surface area contributed by atoms with E-state index in [1.807, 2.05) is 27.1 Å². The van der Waals surface area contributed by atoms with Crippen molar-refractivity contribution in [1.82, 2.24) is 19.4 Å². The molecule has 0 atom stereocenters. The van der Waals surface area contributed by atoms with E-state index in [1.165, 1.54) is 0 Å². The molecule has 0 saturated heterocycles. The Labute approximate surface area is 159 Å². The second kappa shape index (κ2) is 8.46. The highest BCUT2D eigenvalue weighted by Crippen LogP contribution is 2.17. The lowest BCUT2D eigenvalue weighted by Gasteiger charge is -2.26. The first-order chi connectivity index (χ1) is 13.0. The fourth-order valence-corrected chi connectivity index (χ4v) is 2.59. The fraction of sp³-hybridized carbons (Fsp3) is 0.471. The number of carbonyl (C=O) groups excluding carboxylic acids is 1. The van der Waals surface area contributed by atoms with Crippen molar-refractivity contribution in [3.05, 3.63) is 41.4 Å². The average molecular weight is 402 g/mol. The van der Waals surface area contributed by atoms with Crippen LogP contribution in [-0.4, -0.2) is 63.2 Å². The van der Waals surface area contributed by atoms with Crippen LogP contribution in [0.5, 0.6) is 0 Å². The normalized spacial score (nSPS) is 13.8. The van der Waals surface area contributed by atoms with Crippen molar-refractivity contribution in [2.24, 2.45) is 0 Å². The van der Waals surface area contributed by atoms with Crippen molar-refractivity contribution >= 4 is 11.9 Å². The van der Waals surface area contributed by atoms with Crippen molar-refractivity contribution in [2.45, 2.75) is 32.7 Å². The summed E-state index contributed by atoms with van der Waals surface area (Å²) in [6.45, 7) is 4.65. The number of fused-ring (bicyclic) bond motifs is 1. The van der Waals surface area contributed by atoms with Crippen LogP contribution in [0.3, 0.4) is 0 Å². The minimum Gasteiger partial charge on any atom is -0.475 e. The maximum Gasteiger partial charge on any atom is 0.490 e. The maximum atomic E-state index is 12.4. The molecule has 0 fully saturated rings. The van der Waals surface area contributed by atoms with Crippen LogP contribution in [0.1, 0.15) is 27.8 Å². The smallest absolute Gasteiger partial charge is 0.475 e. The fourth-order valence-electron chi connectivity index (χ4n) is 2.59.